The number of para-hydroxylation sites is 1. The molecule has 2 atom stereocenters. The molecule has 1 aliphatic heterocycles. The molecule has 0 spiro atoms. The van der Waals surface area contributed by atoms with Gasteiger partial charge in [0.1, 0.15) is 0 Å². The fourth-order valence-electron chi connectivity index (χ4n) is 3.09. The predicted molar refractivity (Wildman–Crippen MR) is 105 cm³/mol. The van der Waals surface area contributed by atoms with Gasteiger partial charge in [-0.05, 0) is 50.2 Å². The predicted octanol–water partition coefficient (Wildman–Crippen LogP) is 3.39. The molecule has 2 aromatic rings. The number of nitrogens with one attached hydrogen (secondary N) is 1. The number of nitrogens with zero attached hydrogens (tertiary/aromatic N) is 1. The summed E-state index contributed by atoms with van der Waals surface area (Å²) in [5.41, 5.74) is 0.542. The molecule has 1 N–H and O–H groups in total. The van der Waals surface area contributed by atoms with Crippen LogP contribution in [0, 0.1) is 0 Å². The molecule has 0 bridgehead atoms. The highest BCUT2D eigenvalue weighted by atomic mass is 35.5. The second-order valence-corrected chi connectivity index (χ2v) is 8.69. The van der Waals surface area contributed by atoms with Crippen LogP contribution in [0.2, 0.25) is 5.02 Å². The van der Waals surface area contributed by atoms with Crippen molar-refractivity contribution in [1.29, 1.82) is 0 Å². The first kappa shape index (κ1) is 19.7. The molecular weight excluding hydrogens is 388 g/mol. The van der Waals surface area contributed by atoms with E-state index < -0.39 is 10.0 Å². The van der Waals surface area contributed by atoms with Crippen LogP contribution >= 0.6 is 11.6 Å². The first-order valence-corrected chi connectivity index (χ1v) is 10.4. The number of hydrogen-bond donors (Lipinski definition) is 1. The third-order valence-corrected chi connectivity index (χ3v) is 5.87. The van der Waals surface area contributed by atoms with Gasteiger partial charge >= 0.3 is 0 Å². The Balaban J connectivity index is 1.88. The zero-order valence-corrected chi connectivity index (χ0v) is 16.6. The van der Waals surface area contributed by atoms with Crippen LogP contribution < -0.4 is 4.72 Å². The van der Waals surface area contributed by atoms with Gasteiger partial charge < -0.3 is 9.64 Å². The van der Waals surface area contributed by atoms with Crippen molar-refractivity contribution in [3.05, 3.63) is 59.1 Å². The van der Waals surface area contributed by atoms with E-state index >= 15 is 0 Å². The van der Waals surface area contributed by atoms with Crippen LogP contribution in [0.4, 0.5) is 5.69 Å². The molecule has 1 aliphatic rings. The molecule has 1 saturated heterocycles. The maximum absolute atomic E-state index is 13.0. The number of carbonyl (C=O) groups is 1. The summed E-state index contributed by atoms with van der Waals surface area (Å²) in [5.74, 6) is -0.230. The molecule has 3 rings (SSSR count). The molecule has 27 heavy (non-hydrogen) atoms. The highest BCUT2D eigenvalue weighted by Crippen LogP contribution is 2.24. The molecule has 8 heteroatoms. The van der Waals surface area contributed by atoms with Crippen molar-refractivity contribution in [3.63, 3.8) is 0 Å². The number of carbonyl (C=O) groups excluding carboxylic acids is 1. The summed E-state index contributed by atoms with van der Waals surface area (Å²) in [4.78, 5) is 14.8. The third-order valence-electron chi connectivity index (χ3n) is 4.23. The van der Waals surface area contributed by atoms with Gasteiger partial charge in [-0.3, -0.25) is 9.52 Å². The van der Waals surface area contributed by atoms with E-state index in [0.29, 0.717) is 23.7 Å². The Hall–Kier alpha value is -2.09. The van der Waals surface area contributed by atoms with E-state index in [4.69, 9.17) is 16.3 Å². The van der Waals surface area contributed by atoms with Gasteiger partial charge in [-0.15, -0.1) is 0 Å². The Morgan fingerprint density at radius 1 is 1.07 bits per heavy atom. The van der Waals surface area contributed by atoms with Gasteiger partial charge in [0.05, 0.1) is 28.4 Å². The lowest BCUT2D eigenvalue weighted by atomic mass is 10.1. The van der Waals surface area contributed by atoms with E-state index in [0.717, 1.165) is 0 Å². The zero-order chi connectivity index (χ0) is 19.6. The first-order valence-electron chi connectivity index (χ1n) is 8.58. The van der Waals surface area contributed by atoms with Crippen LogP contribution in [0.1, 0.15) is 24.2 Å². The molecule has 1 fully saturated rings. The van der Waals surface area contributed by atoms with Crippen LogP contribution in [0.15, 0.2) is 53.4 Å². The highest BCUT2D eigenvalue weighted by Gasteiger charge is 2.28. The molecule has 144 valence electrons. The Morgan fingerprint density at radius 2 is 1.67 bits per heavy atom. The van der Waals surface area contributed by atoms with E-state index in [2.05, 4.69) is 4.72 Å². The van der Waals surface area contributed by atoms with E-state index in [-0.39, 0.29) is 28.7 Å². The van der Waals surface area contributed by atoms with E-state index in [1.54, 1.807) is 29.2 Å². The Bertz CT molecular complexity index is 921. The highest BCUT2D eigenvalue weighted by molar-refractivity contribution is 7.92. The first-order chi connectivity index (χ1) is 12.8. The van der Waals surface area contributed by atoms with Crippen LogP contribution in [-0.4, -0.2) is 44.5 Å². The summed E-state index contributed by atoms with van der Waals surface area (Å²) in [6, 6.07) is 12.4. The van der Waals surface area contributed by atoms with Gasteiger partial charge in [0.15, 0.2) is 0 Å². The summed E-state index contributed by atoms with van der Waals surface area (Å²) < 4.78 is 33.5. The number of ether oxygens (including phenoxy) is 1. The summed E-state index contributed by atoms with van der Waals surface area (Å²) in [7, 11) is -3.84. The molecule has 1 amide bonds. The Labute approximate surface area is 164 Å². The van der Waals surface area contributed by atoms with Crippen LogP contribution in [0.5, 0.6) is 0 Å². The number of amides is 1. The maximum Gasteiger partial charge on any atom is 0.261 e. The molecular formula is C19H21ClN2O4S. The summed E-state index contributed by atoms with van der Waals surface area (Å²) >= 11 is 5.82. The van der Waals surface area contributed by atoms with Gasteiger partial charge in [0, 0.05) is 18.1 Å². The smallest absolute Gasteiger partial charge is 0.261 e. The minimum absolute atomic E-state index is 0.0720. The van der Waals surface area contributed by atoms with Gasteiger partial charge in [-0.25, -0.2) is 8.42 Å². The SMILES string of the molecule is C[C@@H]1CN(C(=O)c2ccccc2NS(=O)(=O)c2ccc(Cl)cc2)C[C@H](C)O1. The Kier molecular flexibility index (Phi) is 5.74. The topological polar surface area (TPSA) is 75.7 Å². The number of sulfonamides is 1. The molecule has 1 heterocycles. The number of hydrogen-bond acceptors (Lipinski definition) is 4. The van der Waals surface area contributed by atoms with Crippen molar-refractivity contribution in [3.8, 4) is 0 Å². The molecule has 0 aliphatic carbocycles. The summed E-state index contributed by atoms with van der Waals surface area (Å²) in [6.45, 7) is 4.74. The standard InChI is InChI=1S/C19H21ClN2O4S/c1-13-11-22(12-14(2)26-13)19(23)17-5-3-4-6-18(17)21-27(24,25)16-9-7-15(20)8-10-16/h3-10,13-14,21H,11-12H2,1-2H3/t13-,14+. The fourth-order valence-corrected chi connectivity index (χ4v) is 4.30. The molecule has 0 unspecified atom stereocenters. The average Bonchev–Trinajstić information content (AvgIpc) is 2.61. The van der Waals surface area contributed by atoms with Crippen molar-refractivity contribution in [2.24, 2.45) is 0 Å². The third kappa shape index (κ3) is 4.61. The number of benzene rings is 2. The lowest BCUT2D eigenvalue weighted by Crippen LogP contribution is -2.48. The number of morpholine rings is 1. The number of halogens is 1. The van der Waals surface area contributed by atoms with Crippen molar-refractivity contribution in [1.82, 2.24) is 4.90 Å². The van der Waals surface area contributed by atoms with Gasteiger partial charge in [-0.2, -0.15) is 0 Å². The van der Waals surface area contributed by atoms with Gasteiger partial charge in [-0.1, -0.05) is 23.7 Å². The minimum atomic E-state index is -3.84. The van der Waals surface area contributed by atoms with E-state index in [9.17, 15) is 13.2 Å². The monoisotopic (exact) mass is 408 g/mol. The van der Waals surface area contributed by atoms with Crippen LogP contribution in [-0.2, 0) is 14.8 Å². The van der Waals surface area contributed by atoms with E-state index in [1.165, 1.54) is 24.3 Å². The van der Waals surface area contributed by atoms with Crippen molar-refractivity contribution < 1.29 is 17.9 Å². The van der Waals surface area contributed by atoms with Crippen LogP contribution in [0.3, 0.4) is 0 Å². The lowest BCUT2D eigenvalue weighted by Gasteiger charge is -2.35. The molecule has 0 aromatic heterocycles. The second kappa shape index (κ2) is 7.88. The second-order valence-electron chi connectivity index (χ2n) is 6.57. The maximum atomic E-state index is 13.0. The molecule has 0 saturated carbocycles. The molecule has 2 aromatic carbocycles. The fraction of sp³-hybridized carbons (Fsp3) is 0.316. The zero-order valence-electron chi connectivity index (χ0n) is 15.1. The van der Waals surface area contributed by atoms with Crippen molar-refractivity contribution in [2.45, 2.75) is 31.0 Å². The van der Waals surface area contributed by atoms with Crippen molar-refractivity contribution in [2.75, 3.05) is 17.8 Å². The summed E-state index contributed by atoms with van der Waals surface area (Å²) in [5, 5.41) is 0.445. The summed E-state index contributed by atoms with van der Waals surface area (Å²) in [6.07, 6.45) is -0.147. The minimum Gasteiger partial charge on any atom is -0.372 e. The lowest BCUT2D eigenvalue weighted by molar-refractivity contribution is -0.0585. The van der Waals surface area contributed by atoms with Gasteiger partial charge in [0.25, 0.3) is 15.9 Å². The van der Waals surface area contributed by atoms with Gasteiger partial charge in [0.2, 0.25) is 0 Å². The number of rotatable bonds is 4. The largest absolute Gasteiger partial charge is 0.372 e. The quantitative estimate of drug-likeness (QED) is 0.841. The number of anilines is 1. The average molecular weight is 409 g/mol. The van der Waals surface area contributed by atoms with Crippen molar-refractivity contribution >= 4 is 33.2 Å². The van der Waals surface area contributed by atoms with E-state index in [1.807, 2.05) is 13.8 Å². The molecule has 6 nitrogen and oxygen atoms in total. The molecule has 0 radical (unpaired) electrons. The Morgan fingerprint density at radius 3 is 2.30 bits per heavy atom. The normalized spacial score (nSPS) is 20.3. The van der Waals surface area contributed by atoms with Crippen LogP contribution in [0.25, 0.3) is 0 Å².